The van der Waals surface area contributed by atoms with Gasteiger partial charge in [-0.25, -0.2) is 17.6 Å². The van der Waals surface area contributed by atoms with E-state index < -0.39 is 26.7 Å². The normalized spacial score (nSPS) is 11.8. The molecule has 1 aromatic rings. The average molecular weight is 319 g/mol. The molecule has 0 aliphatic rings. The van der Waals surface area contributed by atoms with E-state index in [2.05, 4.69) is 0 Å². The van der Waals surface area contributed by atoms with Crippen molar-refractivity contribution in [1.29, 1.82) is 0 Å². The number of carboxylic acids is 1. The molecule has 6 nitrogen and oxygen atoms in total. The van der Waals surface area contributed by atoms with Gasteiger partial charge in [0.25, 0.3) is 0 Å². The van der Waals surface area contributed by atoms with E-state index in [0.717, 1.165) is 22.9 Å². The van der Waals surface area contributed by atoms with Gasteiger partial charge in [0.1, 0.15) is 10.7 Å². The summed E-state index contributed by atoms with van der Waals surface area (Å²) in [5.74, 6) is -2.45. The van der Waals surface area contributed by atoms with Crippen LogP contribution in [-0.4, -0.2) is 48.6 Å². The van der Waals surface area contributed by atoms with Gasteiger partial charge in [-0.05, 0) is 24.6 Å². The van der Waals surface area contributed by atoms with E-state index in [0.29, 0.717) is 12.5 Å². The summed E-state index contributed by atoms with van der Waals surface area (Å²) in [4.78, 5) is 10.1. The van der Waals surface area contributed by atoms with Crippen molar-refractivity contribution >= 4 is 16.0 Å². The number of unbranched alkanes of at least 4 members (excludes halogenated alkanes) is 1. The number of sulfonamides is 1. The summed E-state index contributed by atoms with van der Waals surface area (Å²) in [5.41, 5.74) is -0.325. The van der Waals surface area contributed by atoms with Crippen LogP contribution in [0.25, 0.3) is 0 Å². The number of nitrogens with zero attached hydrogens (tertiary/aromatic N) is 1. The van der Waals surface area contributed by atoms with Crippen LogP contribution in [0.4, 0.5) is 4.39 Å². The summed E-state index contributed by atoms with van der Waals surface area (Å²) in [7, 11) is -4.10. The van der Waals surface area contributed by atoms with Crippen molar-refractivity contribution in [3.63, 3.8) is 0 Å². The van der Waals surface area contributed by atoms with Gasteiger partial charge in [-0.2, -0.15) is 4.31 Å². The van der Waals surface area contributed by atoms with Crippen LogP contribution in [0.15, 0.2) is 23.1 Å². The van der Waals surface area contributed by atoms with Gasteiger partial charge in [-0.3, -0.25) is 0 Å². The molecule has 0 unspecified atom stereocenters. The second-order valence-electron chi connectivity index (χ2n) is 4.43. The zero-order chi connectivity index (χ0) is 16.0. The van der Waals surface area contributed by atoms with Gasteiger partial charge in [-0.1, -0.05) is 13.3 Å². The Bertz CT molecular complexity index is 603. The third kappa shape index (κ3) is 4.23. The quantitative estimate of drug-likeness (QED) is 0.753. The van der Waals surface area contributed by atoms with Gasteiger partial charge >= 0.3 is 5.97 Å². The highest BCUT2D eigenvalue weighted by Crippen LogP contribution is 2.21. The van der Waals surface area contributed by atoms with Crippen molar-refractivity contribution in [2.45, 2.75) is 24.7 Å². The molecule has 1 aromatic carbocycles. The Morgan fingerprint density at radius 3 is 2.48 bits per heavy atom. The van der Waals surface area contributed by atoms with Crippen molar-refractivity contribution in [2.24, 2.45) is 0 Å². The van der Waals surface area contributed by atoms with Crippen LogP contribution in [0.2, 0.25) is 0 Å². The topological polar surface area (TPSA) is 94.9 Å². The lowest BCUT2D eigenvalue weighted by atomic mass is 10.2. The second-order valence-corrected chi connectivity index (χ2v) is 6.34. The summed E-state index contributed by atoms with van der Waals surface area (Å²) in [6.07, 6.45) is 1.33. The number of hydrogen-bond donors (Lipinski definition) is 2. The second kappa shape index (κ2) is 7.48. The number of aliphatic hydroxyl groups excluding tert-OH is 1. The highest BCUT2D eigenvalue weighted by molar-refractivity contribution is 7.89. The summed E-state index contributed by atoms with van der Waals surface area (Å²) in [6.45, 7) is 1.53. The molecule has 0 aliphatic heterocycles. The average Bonchev–Trinajstić information content (AvgIpc) is 2.42. The van der Waals surface area contributed by atoms with Gasteiger partial charge in [0.15, 0.2) is 0 Å². The maximum Gasteiger partial charge on any atom is 0.335 e. The number of carboxylic acid groups (broad SMARTS) is 1. The smallest absolute Gasteiger partial charge is 0.335 e. The minimum absolute atomic E-state index is 0.136. The zero-order valence-electron chi connectivity index (χ0n) is 11.6. The Hall–Kier alpha value is -1.51. The van der Waals surface area contributed by atoms with Crippen LogP contribution in [0.3, 0.4) is 0 Å². The summed E-state index contributed by atoms with van der Waals surface area (Å²) in [6, 6.07) is 2.64. The predicted molar refractivity (Wildman–Crippen MR) is 74.1 cm³/mol. The highest BCUT2D eigenvalue weighted by Gasteiger charge is 2.27. The molecule has 0 bridgehead atoms. The first-order valence-electron chi connectivity index (χ1n) is 6.48. The fraction of sp³-hybridized carbons (Fsp3) is 0.462. The van der Waals surface area contributed by atoms with E-state index in [1.807, 2.05) is 6.92 Å². The van der Waals surface area contributed by atoms with Crippen molar-refractivity contribution in [3.8, 4) is 0 Å². The molecular formula is C13H18FNO5S. The van der Waals surface area contributed by atoms with Crippen LogP contribution in [0, 0.1) is 5.82 Å². The number of hydrogen-bond acceptors (Lipinski definition) is 4. The number of rotatable bonds is 8. The monoisotopic (exact) mass is 319 g/mol. The van der Waals surface area contributed by atoms with Crippen molar-refractivity contribution in [1.82, 2.24) is 4.31 Å². The van der Waals surface area contributed by atoms with E-state index in [1.165, 1.54) is 0 Å². The van der Waals surface area contributed by atoms with E-state index in [1.54, 1.807) is 0 Å². The number of aromatic carboxylic acids is 1. The SMILES string of the molecule is CCCCN(CCO)S(=O)(=O)c1ccc(C(=O)O)cc1F. The molecule has 0 saturated carbocycles. The third-order valence-electron chi connectivity index (χ3n) is 2.91. The van der Waals surface area contributed by atoms with Crippen LogP contribution in [0.1, 0.15) is 30.1 Å². The molecule has 0 atom stereocenters. The van der Waals surface area contributed by atoms with E-state index in [-0.39, 0.29) is 25.3 Å². The lowest BCUT2D eigenvalue weighted by molar-refractivity contribution is 0.0696. The fourth-order valence-corrected chi connectivity index (χ4v) is 3.30. The molecule has 0 heterocycles. The van der Waals surface area contributed by atoms with Crippen molar-refractivity contribution in [2.75, 3.05) is 19.7 Å². The molecule has 118 valence electrons. The molecule has 1 rings (SSSR count). The molecular weight excluding hydrogens is 301 g/mol. The molecule has 0 aliphatic carbocycles. The first-order valence-corrected chi connectivity index (χ1v) is 7.92. The molecule has 0 fully saturated rings. The molecule has 0 radical (unpaired) electrons. The Labute approximate surface area is 122 Å². The van der Waals surface area contributed by atoms with Gasteiger partial charge in [0, 0.05) is 13.1 Å². The summed E-state index contributed by atoms with van der Waals surface area (Å²) < 4.78 is 39.6. The van der Waals surface area contributed by atoms with Crippen LogP contribution in [-0.2, 0) is 10.0 Å². The molecule has 2 N–H and O–H groups in total. The number of benzene rings is 1. The van der Waals surface area contributed by atoms with Crippen molar-refractivity contribution < 1.29 is 27.8 Å². The number of aliphatic hydroxyl groups is 1. The molecule has 8 heteroatoms. The lowest BCUT2D eigenvalue weighted by Crippen LogP contribution is -2.35. The van der Waals surface area contributed by atoms with Crippen LogP contribution < -0.4 is 0 Å². The third-order valence-corrected chi connectivity index (χ3v) is 4.84. The maximum absolute atomic E-state index is 13.9. The van der Waals surface area contributed by atoms with Gasteiger partial charge < -0.3 is 10.2 Å². The fourth-order valence-electron chi connectivity index (χ4n) is 1.78. The summed E-state index contributed by atoms with van der Waals surface area (Å²) >= 11 is 0. The number of halogens is 1. The maximum atomic E-state index is 13.9. The van der Waals surface area contributed by atoms with Crippen LogP contribution in [0.5, 0.6) is 0 Å². The minimum atomic E-state index is -4.10. The van der Waals surface area contributed by atoms with E-state index >= 15 is 0 Å². The first-order chi connectivity index (χ1) is 9.84. The molecule has 0 aromatic heterocycles. The van der Waals surface area contributed by atoms with Crippen molar-refractivity contribution in [3.05, 3.63) is 29.6 Å². The predicted octanol–water partition coefficient (Wildman–Crippen LogP) is 1.31. The molecule has 21 heavy (non-hydrogen) atoms. The summed E-state index contributed by atoms with van der Waals surface area (Å²) in [5, 5.41) is 17.7. The lowest BCUT2D eigenvalue weighted by Gasteiger charge is -2.21. The van der Waals surface area contributed by atoms with Gasteiger partial charge in [0.2, 0.25) is 10.0 Å². The largest absolute Gasteiger partial charge is 0.478 e. The zero-order valence-corrected chi connectivity index (χ0v) is 12.4. The van der Waals surface area contributed by atoms with Gasteiger partial charge in [0.05, 0.1) is 12.2 Å². The molecule has 0 amide bonds. The van der Waals surface area contributed by atoms with E-state index in [9.17, 15) is 17.6 Å². The molecule has 0 saturated heterocycles. The van der Waals surface area contributed by atoms with E-state index in [4.69, 9.17) is 10.2 Å². The molecule has 0 spiro atoms. The van der Waals surface area contributed by atoms with Gasteiger partial charge in [-0.15, -0.1) is 0 Å². The Balaban J connectivity index is 3.18. The number of carbonyl (C=O) groups is 1. The first kappa shape index (κ1) is 17.5. The van der Waals surface area contributed by atoms with Crippen LogP contribution >= 0.6 is 0 Å². The standard InChI is InChI=1S/C13H18FNO5S/c1-2-3-6-15(7-8-16)21(19,20)12-5-4-10(13(17)18)9-11(12)14/h4-5,9,16H,2-3,6-8H2,1H3,(H,17,18). The Kier molecular flexibility index (Phi) is 6.25. The highest BCUT2D eigenvalue weighted by atomic mass is 32.2. The Morgan fingerprint density at radius 2 is 2.00 bits per heavy atom. The Morgan fingerprint density at radius 1 is 1.33 bits per heavy atom. The minimum Gasteiger partial charge on any atom is -0.478 e.